The van der Waals surface area contributed by atoms with E-state index in [1.807, 2.05) is 48.5 Å². The number of amides is 2. The van der Waals surface area contributed by atoms with Crippen molar-refractivity contribution in [2.45, 2.75) is 69.5 Å². The number of aliphatic hydroxyl groups is 1. The molecule has 1 unspecified atom stereocenters. The number of carbonyl (C=O) groups is 2. The first-order chi connectivity index (χ1) is 19.2. The molecule has 2 aliphatic rings. The summed E-state index contributed by atoms with van der Waals surface area (Å²) in [6.07, 6.45) is 1.31. The van der Waals surface area contributed by atoms with Crippen molar-refractivity contribution in [1.29, 1.82) is 0 Å². The van der Waals surface area contributed by atoms with E-state index >= 15 is 0 Å². The second-order valence-electron chi connectivity index (χ2n) is 10.6. The average Bonchev–Trinajstić information content (AvgIpc) is 3.62. The van der Waals surface area contributed by atoms with Crippen molar-refractivity contribution in [1.82, 2.24) is 15.5 Å². The summed E-state index contributed by atoms with van der Waals surface area (Å²) in [5, 5.41) is 16.7. The van der Waals surface area contributed by atoms with Gasteiger partial charge >= 0.3 is 0 Å². The number of likely N-dealkylation sites (N-methyl/N-ethyl adjacent to an activating group) is 1. The van der Waals surface area contributed by atoms with Crippen molar-refractivity contribution < 1.29 is 24.2 Å². The van der Waals surface area contributed by atoms with Gasteiger partial charge in [0.05, 0.1) is 25.4 Å². The molecule has 4 rings (SSSR count). The van der Waals surface area contributed by atoms with Crippen LogP contribution in [0.2, 0.25) is 5.02 Å². The van der Waals surface area contributed by atoms with Crippen LogP contribution in [0, 0.1) is 0 Å². The van der Waals surface area contributed by atoms with Crippen LogP contribution in [-0.2, 0) is 32.1 Å². The molecule has 2 aromatic carbocycles. The van der Waals surface area contributed by atoms with Crippen LogP contribution in [0.1, 0.15) is 37.8 Å². The van der Waals surface area contributed by atoms with Gasteiger partial charge in [0, 0.05) is 18.0 Å². The van der Waals surface area contributed by atoms with Crippen molar-refractivity contribution in [3.63, 3.8) is 0 Å². The van der Waals surface area contributed by atoms with E-state index in [4.69, 9.17) is 26.1 Å². The molecular weight excluding hydrogens is 532 g/mol. The van der Waals surface area contributed by atoms with Gasteiger partial charge in [-0.25, -0.2) is 4.99 Å². The highest BCUT2D eigenvalue weighted by Crippen LogP contribution is 2.30. The van der Waals surface area contributed by atoms with E-state index < -0.39 is 23.7 Å². The van der Waals surface area contributed by atoms with Crippen molar-refractivity contribution in [2.24, 2.45) is 4.99 Å². The summed E-state index contributed by atoms with van der Waals surface area (Å²) in [5.74, 6) is -0.0992. The average molecular weight is 571 g/mol. The Kier molecular flexibility index (Phi) is 10.2. The topological polar surface area (TPSA) is 112 Å². The Balaban J connectivity index is 1.52. The molecule has 1 fully saturated rings. The number of aliphatic hydroxyl groups excluding tert-OH is 1. The van der Waals surface area contributed by atoms with Gasteiger partial charge in [-0.05, 0) is 57.0 Å². The number of nitrogens with one attached hydrogen (secondary N) is 2. The van der Waals surface area contributed by atoms with E-state index in [1.165, 1.54) is 0 Å². The molecule has 40 heavy (non-hydrogen) atoms. The highest BCUT2D eigenvalue weighted by atomic mass is 35.5. The van der Waals surface area contributed by atoms with E-state index in [-0.39, 0.29) is 31.1 Å². The zero-order valence-corrected chi connectivity index (χ0v) is 24.1. The molecule has 2 amide bonds. The van der Waals surface area contributed by atoms with Crippen LogP contribution in [0.4, 0.5) is 0 Å². The van der Waals surface area contributed by atoms with Crippen LogP contribution < -0.4 is 10.6 Å². The van der Waals surface area contributed by atoms with Crippen LogP contribution in [-0.4, -0.2) is 84.3 Å². The summed E-state index contributed by atoms with van der Waals surface area (Å²) in [6.45, 7) is 4.36. The van der Waals surface area contributed by atoms with Gasteiger partial charge in [0.25, 0.3) is 0 Å². The predicted octanol–water partition coefficient (Wildman–Crippen LogP) is 2.73. The Bertz CT molecular complexity index is 1200. The minimum atomic E-state index is -0.899. The Morgan fingerprint density at radius 1 is 1.20 bits per heavy atom. The van der Waals surface area contributed by atoms with Crippen LogP contribution >= 0.6 is 11.6 Å². The molecular formula is C30H39ClN4O5. The molecule has 0 bridgehead atoms. The second-order valence-corrected chi connectivity index (χ2v) is 11.1. The van der Waals surface area contributed by atoms with Gasteiger partial charge in [-0.3, -0.25) is 9.59 Å². The Morgan fingerprint density at radius 3 is 2.65 bits per heavy atom. The summed E-state index contributed by atoms with van der Waals surface area (Å²) in [7, 11) is 1.69. The molecule has 2 aliphatic heterocycles. The number of hydrogen-bond acceptors (Lipinski definition) is 7. The first-order valence-electron chi connectivity index (χ1n) is 13.8. The number of benzene rings is 2. The lowest BCUT2D eigenvalue weighted by atomic mass is 9.93. The largest absolute Gasteiger partial charge is 0.477 e. The quantitative estimate of drug-likeness (QED) is 0.362. The molecule has 0 aromatic heterocycles. The second kappa shape index (κ2) is 13.6. The maximum Gasteiger partial charge on any atom is 0.248 e. The SMILES string of the molecule is CN[C@@H](C)C(=O)N[C@H](C(=O)N1CCC[C@H]1C1=N[C@](CO)(Cc2cccc(Cl)c2)CO1)C(C)OCc1ccccc1. The highest BCUT2D eigenvalue weighted by Gasteiger charge is 2.44. The van der Waals surface area contributed by atoms with Crippen molar-refractivity contribution in [3.8, 4) is 0 Å². The molecule has 0 spiro atoms. The molecule has 0 radical (unpaired) electrons. The van der Waals surface area contributed by atoms with Crippen LogP contribution in [0.15, 0.2) is 59.6 Å². The molecule has 2 aromatic rings. The normalized spacial score (nSPS) is 22.8. The maximum atomic E-state index is 14.0. The Labute approximate surface area is 240 Å². The van der Waals surface area contributed by atoms with E-state index in [9.17, 15) is 14.7 Å². The van der Waals surface area contributed by atoms with Crippen LogP contribution in [0.25, 0.3) is 0 Å². The van der Waals surface area contributed by atoms with Crippen molar-refractivity contribution >= 4 is 29.3 Å². The van der Waals surface area contributed by atoms with Gasteiger partial charge in [0.1, 0.15) is 24.2 Å². The first kappa shape index (κ1) is 30.0. The van der Waals surface area contributed by atoms with E-state index in [1.54, 1.807) is 31.9 Å². The third kappa shape index (κ3) is 7.20. The number of hydrogen-bond donors (Lipinski definition) is 3. The fraction of sp³-hybridized carbons (Fsp3) is 0.500. The number of nitrogens with zero attached hydrogens (tertiary/aromatic N) is 2. The van der Waals surface area contributed by atoms with Crippen molar-refractivity contribution in [2.75, 3.05) is 26.8 Å². The zero-order valence-electron chi connectivity index (χ0n) is 23.3. The minimum Gasteiger partial charge on any atom is -0.477 e. The molecule has 5 atom stereocenters. The van der Waals surface area contributed by atoms with Gasteiger partial charge in [0.2, 0.25) is 17.7 Å². The summed E-state index contributed by atoms with van der Waals surface area (Å²) < 4.78 is 12.1. The van der Waals surface area contributed by atoms with Gasteiger partial charge in [-0.2, -0.15) is 0 Å². The van der Waals surface area contributed by atoms with Crippen LogP contribution in [0.3, 0.4) is 0 Å². The molecule has 9 nitrogen and oxygen atoms in total. The Morgan fingerprint density at radius 2 is 1.95 bits per heavy atom. The number of carbonyl (C=O) groups excluding carboxylic acids is 2. The van der Waals surface area contributed by atoms with Gasteiger partial charge in [-0.15, -0.1) is 0 Å². The van der Waals surface area contributed by atoms with Gasteiger partial charge in [0.15, 0.2) is 0 Å². The predicted molar refractivity (Wildman–Crippen MR) is 154 cm³/mol. The molecule has 0 saturated carbocycles. The number of likely N-dealkylation sites (tertiary alicyclic amines) is 1. The highest BCUT2D eigenvalue weighted by molar-refractivity contribution is 6.30. The molecule has 3 N–H and O–H groups in total. The fourth-order valence-electron chi connectivity index (χ4n) is 5.08. The lowest BCUT2D eigenvalue weighted by molar-refractivity contribution is -0.141. The lowest BCUT2D eigenvalue weighted by Gasteiger charge is -2.32. The standard InChI is InChI=1S/C30H39ClN4O5/c1-20(32-3)27(37)33-26(21(2)39-17-22-9-5-4-6-10-22)29(38)35-14-8-13-25(35)28-34-30(18-36,19-40-28)16-23-11-7-12-24(31)15-23/h4-7,9-12,15,20-21,25-26,32,36H,8,13-14,16-19H2,1-3H3,(H,33,37)/t20-,21?,25-,26-,30-/m0/s1. The molecule has 10 heteroatoms. The van der Waals surface area contributed by atoms with E-state index in [0.29, 0.717) is 36.9 Å². The third-order valence-electron chi connectivity index (χ3n) is 7.59. The van der Waals surface area contributed by atoms with Crippen LogP contribution in [0.5, 0.6) is 0 Å². The van der Waals surface area contributed by atoms with E-state index in [0.717, 1.165) is 17.5 Å². The van der Waals surface area contributed by atoms with Crippen molar-refractivity contribution in [3.05, 3.63) is 70.7 Å². The number of rotatable bonds is 12. The summed E-state index contributed by atoms with van der Waals surface area (Å²) in [5.41, 5.74) is 1.07. The summed E-state index contributed by atoms with van der Waals surface area (Å²) >= 11 is 6.16. The summed E-state index contributed by atoms with van der Waals surface area (Å²) in [6, 6.07) is 15.4. The zero-order chi connectivity index (χ0) is 28.7. The molecule has 0 aliphatic carbocycles. The summed E-state index contributed by atoms with van der Waals surface area (Å²) in [4.78, 5) is 33.4. The number of aliphatic imine (C=N–C) groups is 1. The number of ether oxygens (including phenoxy) is 2. The van der Waals surface area contributed by atoms with E-state index in [2.05, 4.69) is 10.6 Å². The molecule has 216 valence electrons. The third-order valence-corrected chi connectivity index (χ3v) is 7.82. The maximum absolute atomic E-state index is 14.0. The first-order valence-corrected chi connectivity index (χ1v) is 14.1. The van der Waals surface area contributed by atoms with Gasteiger partial charge in [-0.1, -0.05) is 54.1 Å². The monoisotopic (exact) mass is 570 g/mol. The fourth-order valence-corrected chi connectivity index (χ4v) is 5.30. The van der Waals surface area contributed by atoms with Gasteiger partial charge < -0.3 is 30.1 Å². The number of halogens is 1. The molecule has 2 heterocycles. The lowest BCUT2D eigenvalue weighted by Crippen LogP contribution is -2.58. The minimum absolute atomic E-state index is 0.200. The molecule has 1 saturated heterocycles. The Hall–Kier alpha value is -2.98. The smallest absolute Gasteiger partial charge is 0.248 e.